The first kappa shape index (κ1) is 13.9. The Hall–Kier alpha value is -2.04. The van der Waals surface area contributed by atoms with E-state index in [0.717, 1.165) is 11.0 Å². The first-order valence-corrected chi connectivity index (χ1v) is 7.02. The summed E-state index contributed by atoms with van der Waals surface area (Å²) in [4.78, 5) is 18.8. The molecule has 3 rings (SSSR count). The average Bonchev–Trinajstić information content (AvgIpc) is 2.80. The normalized spacial score (nSPS) is 10.8. The van der Waals surface area contributed by atoms with Gasteiger partial charge in [0.2, 0.25) is 5.91 Å². The van der Waals surface area contributed by atoms with Crippen LogP contribution in [0.3, 0.4) is 0 Å². The van der Waals surface area contributed by atoms with E-state index in [0.29, 0.717) is 27.1 Å². The van der Waals surface area contributed by atoms with Crippen molar-refractivity contribution in [1.82, 2.24) is 9.97 Å². The van der Waals surface area contributed by atoms with Crippen LogP contribution in [0, 0.1) is 0 Å². The van der Waals surface area contributed by atoms with Gasteiger partial charge in [0, 0.05) is 12.6 Å². The van der Waals surface area contributed by atoms with E-state index in [1.807, 2.05) is 12.1 Å². The molecule has 1 aromatic heterocycles. The number of amides is 1. The van der Waals surface area contributed by atoms with E-state index in [1.165, 1.54) is 6.92 Å². The fourth-order valence-electron chi connectivity index (χ4n) is 2.13. The topological polar surface area (TPSA) is 57.8 Å². The van der Waals surface area contributed by atoms with E-state index in [1.54, 1.807) is 24.3 Å². The number of fused-ring (bicyclic) bond motifs is 1. The van der Waals surface area contributed by atoms with Crippen molar-refractivity contribution >= 4 is 45.8 Å². The number of rotatable bonds is 2. The highest BCUT2D eigenvalue weighted by atomic mass is 35.5. The Morgan fingerprint density at radius 3 is 2.57 bits per heavy atom. The van der Waals surface area contributed by atoms with Gasteiger partial charge in [-0.25, -0.2) is 4.98 Å². The second-order valence-corrected chi connectivity index (χ2v) is 5.41. The largest absolute Gasteiger partial charge is 0.338 e. The highest BCUT2D eigenvalue weighted by molar-refractivity contribution is 6.39. The third-order valence-corrected chi connectivity index (χ3v) is 3.63. The summed E-state index contributed by atoms with van der Waals surface area (Å²) in [5.41, 5.74) is 2.94. The standard InChI is InChI=1S/C15H11Cl2N3O/c1-8(21)18-9-5-6-12-13(7-9)20-15(19-12)14-10(16)3-2-4-11(14)17/h2-7H,1H3,(H,18,21)(H,19,20). The van der Waals surface area contributed by atoms with E-state index < -0.39 is 0 Å². The lowest BCUT2D eigenvalue weighted by Gasteiger charge is -2.02. The second kappa shape index (κ2) is 5.39. The molecule has 6 heteroatoms. The van der Waals surface area contributed by atoms with Crippen molar-refractivity contribution in [2.24, 2.45) is 0 Å². The van der Waals surface area contributed by atoms with Crippen LogP contribution in [0.1, 0.15) is 6.92 Å². The highest BCUT2D eigenvalue weighted by Gasteiger charge is 2.13. The molecule has 0 spiro atoms. The summed E-state index contributed by atoms with van der Waals surface area (Å²) < 4.78 is 0. The summed E-state index contributed by atoms with van der Waals surface area (Å²) in [6.07, 6.45) is 0. The van der Waals surface area contributed by atoms with Gasteiger partial charge in [-0.1, -0.05) is 29.3 Å². The van der Waals surface area contributed by atoms with Gasteiger partial charge in [0.15, 0.2) is 0 Å². The van der Waals surface area contributed by atoms with Crippen LogP contribution in [0.2, 0.25) is 10.0 Å². The molecule has 106 valence electrons. The van der Waals surface area contributed by atoms with Gasteiger partial charge in [0.05, 0.1) is 26.6 Å². The Morgan fingerprint density at radius 2 is 1.90 bits per heavy atom. The number of aromatic nitrogens is 2. The Bertz CT molecular complexity index is 822. The van der Waals surface area contributed by atoms with E-state index in [4.69, 9.17) is 23.2 Å². The van der Waals surface area contributed by atoms with Crippen molar-refractivity contribution in [2.45, 2.75) is 6.92 Å². The fraction of sp³-hybridized carbons (Fsp3) is 0.0667. The Labute approximate surface area is 131 Å². The minimum Gasteiger partial charge on any atom is -0.338 e. The molecule has 0 saturated heterocycles. The molecule has 4 nitrogen and oxygen atoms in total. The number of H-pyrrole nitrogens is 1. The number of imidazole rings is 1. The first-order valence-electron chi connectivity index (χ1n) is 6.26. The highest BCUT2D eigenvalue weighted by Crippen LogP contribution is 2.34. The van der Waals surface area contributed by atoms with Crippen LogP contribution in [-0.4, -0.2) is 15.9 Å². The number of benzene rings is 2. The van der Waals surface area contributed by atoms with Crippen LogP contribution in [-0.2, 0) is 4.79 Å². The lowest BCUT2D eigenvalue weighted by molar-refractivity contribution is -0.114. The molecule has 0 aliphatic heterocycles. The summed E-state index contributed by atoms with van der Waals surface area (Å²) in [5.74, 6) is 0.476. The molecule has 21 heavy (non-hydrogen) atoms. The number of carbonyl (C=O) groups excluding carboxylic acids is 1. The van der Waals surface area contributed by atoms with Crippen molar-refractivity contribution in [1.29, 1.82) is 0 Å². The number of aromatic amines is 1. The first-order chi connectivity index (χ1) is 10.0. The SMILES string of the molecule is CC(=O)Nc1ccc2nc(-c3c(Cl)cccc3Cl)[nH]c2c1. The Balaban J connectivity index is 2.11. The minimum absolute atomic E-state index is 0.122. The van der Waals surface area contributed by atoms with Crippen LogP contribution < -0.4 is 5.32 Å². The average molecular weight is 320 g/mol. The zero-order valence-electron chi connectivity index (χ0n) is 11.1. The van der Waals surface area contributed by atoms with E-state index in [9.17, 15) is 4.79 Å². The van der Waals surface area contributed by atoms with E-state index >= 15 is 0 Å². The van der Waals surface area contributed by atoms with Crippen molar-refractivity contribution in [3.05, 3.63) is 46.4 Å². The van der Waals surface area contributed by atoms with Gasteiger partial charge in [-0.2, -0.15) is 0 Å². The molecule has 1 amide bonds. The molecule has 0 fully saturated rings. The number of halogens is 2. The molecule has 2 N–H and O–H groups in total. The van der Waals surface area contributed by atoms with Gasteiger partial charge in [-0.3, -0.25) is 4.79 Å². The van der Waals surface area contributed by atoms with Crippen LogP contribution in [0.25, 0.3) is 22.4 Å². The summed E-state index contributed by atoms with van der Waals surface area (Å²) >= 11 is 12.4. The van der Waals surface area contributed by atoms with Gasteiger partial charge in [0.25, 0.3) is 0 Å². The van der Waals surface area contributed by atoms with Gasteiger partial charge in [0.1, 0.15) is 5.82 Å². The number of anilines is 1. The zero-order valence-corrected chi connectivity index (χ0v) is 12.6. The summed E-state index contributed by atoms with van der Waals surface area (Å²) in [5, 5.41) is 3.79. The molecular formula is C15H11Cl2N3O. The molecule has 0 saturated carbocycles. The molecule has 0 bridgehead atoms. The maximum atomic E-state index is 11.1. The van der Waals surface area contributed by atoms with Gasteiger partial charge in [-0.05, 0) is 30.3 Å². The smallest absolute Gasteiger partial charge is 0.221 e. The number of carbonyl (C=O) groups is 1. The Kier molecular flexibility index (Phi) is 3.57. The molecule has 0 atom stereocenters. The summed E-state index contributed by atoms with van der Waals surface area (Å²) in [7, 11) is 0. The summed E-state index contributed by atoms with van der Waals surface area (Å²) in [6.45, 7) is 1.46. The van der Waals surface area contributed by atoms with Crippen molar-refractivity contribution in [3.8, 4) is 11.4 Å². The molecule has 3 aromatic rings. The van der Waals surface area contributed by atoms with Crippen molar-refractivity contribution in [2.75, 3.05) is 5.32 Å². The van der Waals surface area contributed by atoms with Crippen LogP contribution >= 0.6 is 23.2 Å². The quantitative estimate of drug-likeness (QED) is 0.730. The van der Waals surface area contributed by atoms with Crippen LogP contribution in [0.15, 0.2) is 36.4 Å². The monoisotopic (exact) mass is 319 g/mol. The maximum absolute atomic E-state index is 11.1. The fourth-order valence-corrected chi connectivity index (χ4v) is 2.71. The third kappa shape index (κ3) is 2.73. The lowest BCUT2D eigenvalue weighted by Crippen LogP contribution is -2.05. The predicted octanol–water partition coefficient (Wildman–Crippen LogP) is 4.50. The van der Waals surface area contributed by atoms with Crippen molar-refractivity contribution in [3.63, 3.8) is 0 Å². The van der Waals surface area contributed by atoms with Crippen LogP contribution in [0.4, 0.5) is 5.69 Å². The van der Waals surface area contributed by atoms with Gasteiger partial charge >= 0.3 is 0 Å². The van der Waals surface area contributed by atoms with Crippen molar-refractivity contribution < 1.29 is 4.79 Å². The van der Waals surface area contributed by atoms with E-state index in [2.05, 4.69) is 15.3 Å². The second-order valence-electron chi connectivity index (χ2n) is 4.60. The number of hydrogen-bond acceptors (Lipinski definition) is 2. The third-order valence-electron chi connectivity index (χ3n) is 3.00. The molecule has 1 heterocycles. The molecular weight excluding hydrogens is 309 g/mol. The minimum atomic E-state index is -0.122. The zero-order chi connectivity index (χ0) is 15.0. The maximum Gasteiger partial charge on any atom is 0.221 e. The Morgan fingerprint density at radius 1 is 1.19 bits per heavy atom. The van der Waals surface area contributed by atoms with Crippen LogP contribution in [0.5, 0.6) is 0 Å². The van der Waals surface area contributed by atoms with Gasteiger partial charge < -0.3 is 10.3 Å². The molecule has 2 aromatic carbocycles. The molecule has 0 unspecified atom stereocenters. The predicted molar refractivity (Wildman–Crippen MR) is 85.9 cm³/mol. The molecule has 0 aliphatic carbocycles. The summed E-state index contributed by atoms with van der Waals surface area (Å²) in [6, 6.07) is 10.7. The lowest BCUT2D eigenvalue weighted by atomic mass is 10.2. The van der Waals surface area contributed by atoms with E-state index in [-0.39, 0.29) is 5.91 Å². The number of nitrogens with zero attached hydrogens (tertiary/aromatic N) is 1. The number of nitrogens with one attached hydrogen (secondary N) is 2. The molecule has 0 aliphatic rings. The number of hydrogen-bond donors (Lipinski definition) is 2. The van der Waals surface area contributed by atoms with Gasteiger partial charge in [-0.15, -0.1) is 0 Å². The molecule has 0 radical (unpaired) electrons.